The van der Waals surface area contributed by atoms with Crippen molar-refractivity contribution in [2.24, 2.45) is 0 Å². The number of fused-ring (bicyclic) bond motifs is 1. The summed E-state index contributed by atoms with van der Waals surface area (Å²) < 4.78 is 2.18. The van der Waals surface area contributed by atoms with E-state index < -0.39 is 0 Å². The minimum atomic E-state index is 0.0626. The van der Waals surface area contributed by atoms with Gasteiger partial charge in [-0.25, -0.2) is 4.98 Å². The topological polar surface area (TPSA) is 38.1 Å². The molecule has 1 saturated heterocycles. The van der Waals surface area contributed by atoms with E-state index in [0.29, 0.717) is 36.1 Å². The van der Waals surface area contributed by atoms with E-state index in [1.807, 2.05) is 41.3 Å². The summed E-state index contributed by atoms with van der Waals surface area (Å²) >= 11 is 12.2. The second kappa shape index (κ2) is 7.37. The molecule has 1 aromatic heterocycles. The molecule has 3 aromatic rings. The Bertz CT molecular complexity index is 1030. The number of carbonyl (C=O) groups excluding carboxylic acids is 1. The van der Waals surface area contributed by atoms with Gasteiger partial charge in [0.2, 0.25) is 5.91 Å². The maximum absolute atomic E-state index is 12.3. The van der Waals surface area contributed by atoms with Gasteiger partial charge in [0.15, 0.2) is 0 Å². The highest BCUT2D eigenvalue weighted by atomic mass is 35.5. The van der Waals surface area contributed by atoms with Crippen molar-refractivity contribution in [3.8, 4) is 0 Å². The summed E-state index contributed by atoms with van der Waals surface area (Å²) in [5.41, 5.74) is 3.02. The van der Waals surface area contributed by atoms with E-state index in [9.17, 15) is 4.79 Å². The first-order valence-corrected chi connectivity index (χ1v) is 9.60. The van der Waals surface area contributed by atoms with Crippen molar-refractivity contribution >= 4 is 40.1 Å². The fourth-order valence-corrected chi connectivity index (χ4v) is 3.99. The van der Waals surface area contributed by atoms with Crippen LogP contribution >= 0.6 is 23.2 Å². The van der Waals surface area contributed by atoms with Gasteiger partial charge in [-0.3, -0.25) is 4.79 Å². The Labute approximate surface area is 168 Å². The lowest BCUT2D eigenvalue weighted by molar-refractivity contribution is -0.127. The van der Waals surface area contributed by atoms with E-state index in [2.05, 4.69) is 17.2 Å². The lowest BCUT2D eigenvalue weighted by Crippen LogP contribution is -2.25. The van der Waals surface area contributed by atoms with Gasteiger partial charge >= 0.3 is 0 Å². The van der Waals surface area contributed by atoms with Crippen molar-refractivity contribution in [1.29, 1.82) is 0 Å². The Morgan fingerprint density at radius 1 is 1.19 bits per heavy atom. The largest absolute Gasteiger partial charge is 0.338 e. The number of hydrogen-bond acceptors (Lipinski definition) is 2. The third kappa shape index (κ3) is 3.47. The van der Waals surface area contributed by atoms with E-state index in [0.717, 1.165) is 22.4 Å². The van der Waals surface area contributed by atoms with Crippen LogP contribution in [0.4, 0.5) is 0 Å². The molecule has 1 amide bonds. The standard InChI is InChI=1S/C21H19Cl2N3O/c1-2-9-25-13-15(11-20(25)27)21-24-18-5-3-4-6-19(18)26(21)12-14-7-8-16(22)17(23)10-14/h2-8,10,15H,1,9,11-13H2/t15-/m0/s1. The van der Waals surface area contributed by atoms with E-state index >= 15 is 0 Å². The van der Waals surface area contributed by atoms with Crippen LogP contribution in [-0.4, -0.2) is 33.4 Å². The first kappa shape index (κ1) is 18.1. The molecule has 2 aromatic carbocycles. The van der Waals surface area contributed by atoms with Crippen LogP contribution in [-0.2, 0) is 11.3 Å². The van der Waals surface area contributed by atoms with E-state index in [1.54, 1.807) is 6.08 Å². The van der Waals surface area contributed by atoms with E-state index in [1.165, 1.54) is 0 Å². The Kier molecular flexibility index (Phi) is 4.94. The molecule has 0 N–H and O–H groups in total. The summed E-state index contributed by atoms with van der Waals surface area (Å²) in [6.07, 6.45) is 2.23. The fraction of sp³-hybridized carbons (Fsp3) is 0.238. The number of halogens is 2. The molecule has 6 heteroatoms. The summed E-state index contributed by atoms with van der Waals surface area (Å²) in [6.45, 7) is 5.60. The molecule has 27 heavy (non-hydrogen) atoms. The second-order valence-electron chi connectivity index (χ2n) is 6.78. The summed E-state index contributed by atoms with van der Waals surface area (Å²) in [5, 5.41) is 1.07. The number of aromatic nitrogens is 2. The molecular weight excluding hydrogens is 381 g/mol. The normalized spacial score (nSPS) is 17.0. The van der Waals surface area contributed by atoms with Gasteiger partial charge in [-0.1, -0.05) is 47.5 Å². The zero-order chi connectivity index (χ0) is 19.0. The predicted molar refractivity (Wildman–Crippen MR) is 109 cm³/mol. The molecule has 0 saturated carbocycles. The molecule has 4 rings (SSSR count). The molecule has 0 spiro atoms. The maximum Gasteiger partial charge on any atom is 0.223 e. The van der Waals surface area contributed by atoms with Gasteiger partial charge < -0.3 is 9.47 Å². The zero-order valence-corrected chi connectivity index (χ0v) is 16.2. The van der Waals surface area contributed by atoms with Gasteiger partial charge in [0.1, 0.15) is 5.82 Å². The molecule has 0 radical (unpaired) electrons. The first-order chi connectivity index (χ1) is 13.1. The van der Waals surface area contributed by atoms with Crippen molar-refractivity contribution < 1.29 is 4.79 Å². The SMILES string of the molecule is C=CCN1C[C@@H](c2nc3ccccc3n2Cc2ccc(Cl)c(Cl)c2)CC1=O. The van der Waals surface area contributed by atoms with Crippen LogP contribution in [0.3, 0.4) is 0 Å². The van der Waals surface area contributed by atoms with Gasteiger partial charge in [-0.15, -0.1) is 6.58 Å². The highest BCUT2D eigenvalue weighted by molar-refractivity contribution is 6.42. The lowest BCUT2D eigenvalue weighted by atomic mass is 10.1. The molecule has 0 bridgehead atoms. The Hall–Kier alpha value is -2.30. The molecule has 4 nitrogen and oxygen atoms in total. The number of nitrogens with zero attached hydrogens (tertiary/aromatic N) is 3. The molecule has 1 atom stereocenters. The summed E-state index contributed by atoms with van der Waals surface area (Å²) in [6, 6.07) is 13.7. The first-order valence-electron chi connectivity index (χ1n) is 8.84. The van der Waals surface area contributed by atoms with Crippen LogP contribution in [0, 0.1) is 0 Å². The molecule has 1 fully saturated rings. The van der Waals surface area contributed by atoms with Crippen LogP contribution in [0.1, 0.15) is 23.7 Å². The molecule has 1 aliphatic rings. The molecule has 0 unspecified atom stereocenters. The van der Waals surface area contributed by atoms with Crippen molar-refractivity contribution in [3.63, 3.8) is 0 Å². The van der Waals surface area contributed by atoms with Crippen LogP contribution in [0.15, 0.2) is 55.1 Å². The third-order valence-electron chi connectivity index (χ3n) is 4.94. The number of hydrogen-bond donors (Lipinski definition) is 0. The average molecular weight is 400 g/mol. The number of amides is 1. The third-order valence-corrected chi connectivity index (χ3v) is 5.68. The van der Waals surface area contributed by atoms with Gasteiger partial charge in [-0.05, 0) is 29.8 Å². The fourth-order valence-electron chi connectivity index (χ4n) is 3.67. The monoisotopic (exact) mass is 399 g/mol. The number of para-hydroxylation sites is 2. The van der Waals surface area contributed by atoms with Crippen molar-refractivity contribution in [1.82, 2.24) is 14.5 Å². The van der Waals surface area contributed by atoms with E-state index in [-0.39, 0.29) is 11.8 Å². The van der Waals surface area contributed by atoms with Crippen LogP contribution in [0.2, 0.25) is 10.0 Å². The number of imidazole rings is 1. The van der Waals surface area contributed by atoms with Crippen LogP contribution in [0.5, 0.6) is 0 Å². The highest BCUT2D eigenvalue weighted by Gasteiger charge is 2.33. The van der Waals surface area contributed by atoms with Gasteiger partial charge in [0, 0.05) is 32.0 Å². The minimum absolute atomic E-state index is 0.0626. The highest BCUT2D eigenvalue weighted by Crippen LogP contribution is 2.31. The van der Waals surface area contributed by atoms with Crippen LogP contribution < -0.4 is 0 Å². The molecular formula is C21H19Cl2N3O. The summed E-state index contributed by atoms with van der Waals surface area (Å²) in [7, 11) is 0. The predicted octanol–water partition coefficient (Wildman–Crippen LogP) is 4.89. The van der Waals surface area contributed by atoms with Crippen molar-refractivity contribution in [3.05, 3.63) is 76.6 Å². The van der Waals surface area contributed by atoms with Crippen molar-refractivity contribution in [2.75, 3.05) is 13.1 Å². The number of rotatable bonds is 5. The Balaban J connectivity index is 1.74. The molecule has 2 heterocycles. The Morgan fingerprint density at radius 2 is 2.00 bits per heavy atom. The molecule has 1 aliphatic heterocycles. The van der Waals surface area contributed by atoms with Crippen molar-refractivity contribution in [2.45, 2.75) is 18.9 Å². The minimum Gasteiger partial charge on any atom is -0.338 e. The van der Waals surface area contributed by atoms with E-state index in [4.69, 9.17) is 28.2 Å². The lowest BCUT2D eigenvalue weighted by Gasteiger charge is -2.16. The quantitative estimate of drug-likeness (QED) is 0.572. The van der Waals surface area contributed by atoms with Gasteiger partial charge in [0.25, 0.3) is 0 Å². The smallest absolute Gasteiger partial charge is 0.223 e. The van der Waals surface area contributed by atoms with Gasteiger partial charge in [-0.2, -0.15) is 0 Å². The average Bonchev–Trinajstić information content (AvgIpc) is 3.20. The summed E-state index contributed by atoms with van der Waals surface area (Å²) in [5.74, 6) is 1.14. The Morgan fingerprint density at radius 3 is 2.78 bits per heavy atom. The summed E-state index contributed by atoms with van der Waals surface area (Å²) in [4.78, 5) is 19.0. The number of carbonyl (C=O) groups is 1. The molecule has 138 valence electrons. The second-order valence-corrected chi connectivity index (χ2v) is 7.60. The van der Waals surface area contributed by atoms with Crippen LogP contribution in [0.25, 0.3) is 11.0 Å². The zero-order valence-electron chi connectivity index (χ0n) is 14.7. The molecule has 0 aliphatic carbocycles. The number of likely N-dealkylation sites (tertiary alicyclic amines) is 1. The maximum atomic E-state index is 12.3. The number of benzene rings is 2. The van der Waals surface area contributed by atoms with Gasteiger partial charge in [0.05, 0.1) is 21.1 Å².